The third-order valence-electron chi connectivity index (χ3n) is 3.07. The summed E-state index contributed by atoms with van der Waals surface area (Å²) in [4.78, 5) is 11.8. The monoisotopic (exact) mass is 378 g/mol. The van der Waals surface area contributed by atoms with Gasteiger partial charge in [-0.3, -0.25) is 0 Å². The number of halogens is 1. The van der Waals surface area contributed by atoms with E-state index < -0.39 is 6.23 Å². The smallest absolute Gasteiger partial charge is 0.317 e. The second kappa shape index (κ2) is 8.43. The first-order valence-electron chi connectivity index (χ1n) is 7.27. The van der Waals surface area contributed by atoms with E-state index in [1.54, 1.807) is 19.1 Å². The zero-order valence-electron chi connectivity index (χ0n) is 12.8. The lowest BCUT2D eigenvalue weighted by molar-refractivity contribution is 0.177. The number of urea groups is 1. The van der Waals surface area contributed by atoms with Crippen LogP contribution in [0.1, 0.15) is 12.5 Å². The van der Waals surface area contributed by atoms with Crippen molar-refractivity contribution in [3.63, 3.8) is 0 Å². The molecule has 0 saturated carbocycles. The summed E-state index contributed by atoms with van der Waals surface area (Å²) in [5, 5.41) is 14.7. The average molecular weight is 379 g/mol. The number of hydrogen-bond donors (Lipinski definition) is 3. The molecule has 0 aromatic heterocycles. The van der Waals surface area contributed by atoms with Gasteiger partial charge in [-0.2, -0.15) is 0 Å². The predicted octanol–water partition coefficient (Wildman–Crippen LogP) is 3.42. The van der Waals surface area contributed by atoms with Gasteiger partial charge in [0.2, 0.25) is 0 Å². The zero-order valence-corrected chi connectivity index (χ0v) is 14.3. The molecule has 1 unspecified atom stereocenters. The van der Waals surface area contributed by atoms with Gasteiger partial charge >= 0.3 is 6.03 Å². The number of rotatable bonds is 6. The molecule has 0 radical (unpaired) electrons. The fraction of sp³-hybridized carbons (Fsp3) is 0.235. The van der Waals surface area contributed by atoms with Crippen molar-refractivity contribution in [3.05, 3.63) is 58.6 Å². The molecule has 1 atom stereocenters. The highest BCUT2D eigenvalue weighted by molar-refractivity contribution is 9.10. The Kier molecular flexibility index (Phi) is 6.29. The number of hydrogen-bond acceptors (Lipinski definition) is 3. The second-order valence-electron chi connectivity index (χ2n) is 5.03. The van der Waals surface area contributed by atoms with Gasteiger partial charge < -0.3 is 20.5 Å². The summed E-state index contributed by atoms with van der Waals surface area (Å²) in [6, 6.07) is 14.0. The molecule has 23 heavy (non-hydrogen) atoms. The van der Waals surface area contributed by atoms with Crippen LogP contribution in [0.3, 0.4) is 0 Å². The number of benzene rings is 2. The van der Waals surface area contributed by atoms with E-state index in [1.807, 2.05) is 24.3 Å². The molecule has 3 N–H and O–H groups in total. The molecule has 2 amide bonds. The summed E-state index contributed by atoms with van der Waals surface area (Å²) in [5.74, 6) is 0.744. The van der Waals surface area contributed by atoms with E-state index in [9.17, 15) is 9.90 Å². The maximum Gasteiger partial charge on any atom is 0.317 e. The molecule has 5 nitrogen and oxygen atoms in total. The molecule has 0 heterocycles. The minimum Gasteiger partial charge on any atom is -0.508 e. The van der Waals surface area contributed by atoms with E-state index in [0.717, 1.165) is 16.5 Å². The summed E-state index contributed by atoms with van der Waals surface area (Å²) in [5.41, 5.74) is 1.15. The van der Waals surface area contributed by atoms with E-state index in [2.05, 4.69) is 26.6 Å². The number of nitrogens with one attached hydrogen (secondary N) is 2. The standard InChI is InChI=1S/C17H19BrN2O3/c1-12(23-16-7-5-15(21)6-8-16)20-17(22)19-10-9-13-3-2-4-14(18)11-13/h2-8,11-12,21H,9-10H2,1H3,(H2,19,20,22). The SMILES string of the molecule is CC(NC(=O)NCCc1cccc(Br)c1)Oc1ccc(O)cc1. The summed E-state index contributed by atoms with van der Waals surface area (Å²) < 4.78 is 6.55. The molecule has 122 valence electrons. The van der Waals surface area contributed by atoms with Gasteiger partial charge in [0.05, 0.1) is 0 Å². The van der Waals surface area contributed by atoms with Crippen LogP contribution < -0.4 is 15.4 Å². The average Bonchev–Trinajstić information content (AvgIpc) is 2.49. The molecule has 0 spiro atoms. The molecule has 0 aliphatic heterocycles. The first-order valence-corrected chi connectivity index (χ1v) is 8.07. The van der Waals surface area contributed by atoms with Crippen molar-refractivity contribution in [2.75, 3.05) is 6.54 Å². The van der Waals surface area contributed by atoms with Gasteiger partial charge in [-0.05, 0) is 55.3 Å². The van der Waals surface area contributed by atoms with Crippen molar-refractivity contribution in [1.82, 2.24) is 10.6 Å². The van der Waals surface area contributed by atoms with Crippen LogP contribution in [0.5, 0.6) is 11.5 Å². The lowest BCUT2D eigenvalue weighted by Crippen LogP contribution is -2.43. The third kappa shape index (κ3) is 6.20. The Balaban J connectivity index is 1.70. The van der Waals surface area contributed by atoms with Gasteiger partial charge in [-0.1, -0.05) is 28.1 Å². The first-order chi connectivity index (χ1) is 11.0. The fourth-order valence-corrected chi connectivity index (χ4v) is 2.45. The Morgan fingerprint density at radius 2 is 2.00 bits per heavy atom. The van der Waals surface area contributed by atoms with Crippen LogP contribution in [0.4, 0.5) is 4.79 Å². The normalized spacial score (nSPS) is 11.6. The molecule has 0 aliphatic carbocycles. The number of ether oxygens (including phenoxy) is 1. The maximum atomic E-state index is 11.8. The molecule has 0 aliphatic rings. The van der Waals surface area contributed by atoms with Crippen molar-refractivity contribution in [2.45, 2.75) is 19.6 Å². The summed E-state index contributed by atoms with van der Waals surface area (Å²) >= 11 is 3.42. The van der Waals surface area contributed by atoms with E-state index in [0.29, 0.717) is 12.3 Å². The largest absolute Gasteiger partial charge is 0.508 e. The molecule has 2 aromatic carbocycles. The van der Waals surface area contributed by atoms with Crippen LogP contribution in [0.25, 0.3) is 0 Å². The van der Waals surface area contributed by atoms with Gasteiger partial charge in [0.25, 0.3) is 0 Å². The van der Waals surface area contributed by atoms with Crippen molar-refractivity contribution in [3.8, 4) is 11.5 Å². The number of carbonyl (C=O) groups is 1. The van der Waals surface area contributed by atoms with Gasteiger partial charge in [0, 0.05) is 11.0 Å². The van der Waals surface area contributed by atoms with Crippen LogP contribution in [-0.4, -0.2) is 23.9 Å². The number of phenols is 1. The van der Waals surface area contributed by atoms with Crippen molar-refractivity contribution in [1.29, 1.82) is 0 Å². The minimum absolute atomic E-state index is 0.170. The lowest BCUT2D eigenvalue weighted by Gasteiger charge is -2.16. The van der Waals surface area contributed by atoms with E-state index in [1.165, 1.54) is 12.1 Å². The Hall–Kier alpha value is -2.21. The Bertz CT molecular complexity index is 647. The predicted molar refractivity (Wildman–Crippen MR) is 92.6 cm³/mol. The Morgan fingerprint density at radius 3 is 2.70 bits per heavy atom. The minimum atomic E-state index is -0.481. The zero-order chi connectivity index (χ0) is 16.7. The van der Waals surface area contributed by atoms with Crippen molar-refractivity contribution < 1.29 is 14.6 Å². The van der Waals surface area contributed by atoms with Crippen LogP contribution in [-0.2, 0) is 6.42 Å². The highest BCUT2D eigenvalue weighted by Crippen LogP contribution is 2.16. The topological polar surface area (TPSA) is 70.6 Å². The molecule has 6 heteroatoms. The Morgan fingerprint density at radius 1 is 1.26 bits per heavy atom. The van der Waals surface area contributed by atoms with E-state index in [-0.39, 0.29) is 11.8 Å². The quantitative estimate of drug-likeness (QED) is 0.674. The first kappa shape index (κ1) is 17.1. The van der Waals surface area contributed by atoms with Crippen LogP contribution in [0.15, 0.2) is 53.0 Å². The van der Waals surface area contributed by atoms with E-state index in [4.69, 9.17) is 4.74 Å². The third-order valence-corrected chi connectivity index (χ3v) is 3.57. The van der Waals surface area contributed by atoms with Crippen molar-refractivity contribution >= 4 is 22.0 Å². The maximum absolute atomic E-state index is 11.8. The van der Waals surface area contributed by atoms with Gasteiger partial charge in [-0.25, -0.2) is 4.79 Å². The lowest BCUT2D eigenvalue weighted by atomic mass is 10.1. The number of phenolic OH excluding ortho intramolecular Hbond substituents is 1. The molecule has 2 aromatic rings. The highest BCUT2D eigenvalue weighted by atomic mass is 79.9. The van der Waals surface area contributed by atoms with Crippen LogP contribution >= 0.6 is 15.9 Å². The van der Waals surface area contributed by atoms with Crippen molar-refractivity contribution in [2.24, 2.45) is 0 Å². The summed E-state index contributed by atoms with van der Waals surface area (Å²) in [6.07, 6.45) is 0.269. The Labute approximate surface area is 143 Å². The molecule has 2 rings (SSSR count). The van der Waals surface area contributed by atoms with Crippen LogP contribution in [0, 0.1) is 0 Å². The fourth-order valence-electron chi connectivity index (χ4n) is 2.01. The summed E-state index contributed by atoms with van der Waals surface area (Å²) in [7, 11) is 0. The highest BCUT2D eigenvalue weighted by Gasteiger charge is 2.08. The second-order valence-corrected chi connectivity index (χ2v) is 5.95. The van der Waals surface area contributed by atoms with E-state index >= 15 is 0 Å². The molecular formula is C17H19BrN2O3. The number of amides is 2. The molecule has 0 bridgehead atoms. The number of aromatic hydroxyl groups is 1. The number of carbonyl (C=O) groups excluding carboxylic acids is 1. The molecule has 0 saturated heterocycles. The van der Waals surface area contributed by atoms with Gasteiger partial charge in [0.15, 0.2) is 6.23 Å². The van der Waals surface area contributed by atoms with Crippen LogP contribution in [0.2, 0.25) is 0 Å². The summed E-state index contributed by atoms with van der Waals surface area (Å²) in [6.45, 7) is 2.27. The molecule has 0 fully saturated rings. The van der Waals surface area contributed by atoms with Gasteiger partial charge in [-0.15, -0.1) is 0 Å². The molecular weight excluding hydrogens is 360 g/mol. The van der Waals surface area contributed by atoms with Gasteiger partial charge in [0.1, 0.15) is 11.5 Å².